The Hall–Kier alpha value is -2.41. The van der Waals surface area contributed by atoms with Gasteiger partial charge < -0.3 is 5.32 Å². The van der Waals surface area contributed by atoms with Gasteiger partial charge in [-0.25, -0.2) is 12.8 Å². The van der Waals surface area contributed by atoms with Crippen LogP contribution in [-0.2, 0) is 14.8 Å². The van der Waals surface area contributed by atoms with E-state index in [9.17, 15) is 17.6 Å². The molecule has 0 bridgehead atoms. The Bertz CT molecular complexity index is 976. The molecule has 0 unspecified atom stereocenters. The van der Waals surface area contributed by atoms with Crippen LogP contribution in [0.5, 0.6) is 0 Å². The molecule has 158 valence electrons. The summed E-state index contributed by atoms with van der Waals surface area (Å²) in [6.07, 6.45) is 1.83. The minimum absolute atomic E-state index is 0.128. The monoisotopic (exact) mass is 420 g/mol. The lowest BCUT2D eigenvalue weighted by Crippen LogP contribution is -2.50. The fourth-order valence-electron chi connectivity index (χ4n) is 3.55. The number of carbonyl (C=O) groups excluding carboxylic acids is 1. The Morgan fingerprint density at radius 2 is 1.76 bits per heavy atom. The fourth-order valence-corrected chi connectivity index (χ4v) is 4.76. The van der Waals surface area contributed by atoms with Crippen molar-refractivity contribution in [2.24, 2.45) is 0 Å². The number of benzene rings is 2. The normalized spacial score (nSPS) is 13.6. The first-order valence-electron chi connectivity index (χ1n) is 9.71. The molecule has 0 aliphatic rings. The highest BCUT2D eigenvalue weighted by Gasteiger charge is 2.34. The van der Waals surface area contributed by atoms with E-state index in [-0.39, 0.29) is 18.2 Å². The Morgan fingerprint density at radius 1 is 1.10 bits per heavy atom. The first kappa shape index (κ1) is 22.9. The van der Waals surface area contributed by atoms with Crippen LogP contribution in [-0.4, -0.2) is 26.6 Å². The summed E-state index contributed by atoms with van der Waals surface area (Å²) in [6, 6.07) is 10.3. The summed E-state index contributed by atoms with van der Waals surface area (Å²) in [5.74, 6) is -1.14. The van der Waals surface area contributed by atoms with Crippen molar-refractivity contribution in [3.05, 3.63) is 65.0 Å². The zero-order valence-electron chi connectivity index (χ0n) is 17.6. The van der Waals surface area contributed by atoms with Crippen molar-refractivity contribution < 1.29 is 17.6 Å². The van der Waals surface area contributed by atoms with Crippen LogP contribution in [0.1, 0.15) is 49.4 Å². The zero-order chi connectivity index (χ0) is 21.8. The van der Waals surface area contributed by atoms with Crippen LogP contribution in [0.15, 0.2) is 42.5 Å². The van der Waals surface area contributed by atoms with Crippen LogP contribution < -0.4 is 9.62 Å². The van der Waals surface area contributed by atoms with Gasteiger partial charge in [-0.15, -0.1) is 0 Å². The third-order valence-electron chi connectivity index (χ3n) is 4.95. The topological polar surface area (TPSA) is 66.5 Å². The lowest BCUT2D eigenvalue weighted by molar-refractivity contribution is -0.123. The maximum Gasteiger partial charge on any atom is 0.244 e. The number of anilines is 1. The standard InChI is InChI=1S/C22H29FN2O3S/c1-6-19(17-13-12-15(3)14-16(17)4)24-22(26)20(7-2)25(29(5,27)28)21-11-9-8-10-18(21)23/h8-14,19-20H,6-7H2,1-5H3,(H,24,26)/t19-,20+/m0/s1. The van der Waals surface area contributed by atoms with Gasteiger partial charge in [0.25, 0.3) is 0 Å². The highest BCUT2D eigenvalue weighted by Crippen LogP contribution is 2.27. The highest BCUT2D eigenvalue weighted by atomic mass is 32.2. The van der Waals surface area contributed by atoms with Crippen molar-refractivity contribution >= 4 is 21.6 Å². The first-order valence-corrected chi connectivity index (χ1v) is 11.6. The van der Waals surface area contributed by atoms with E-state index >= 15 is 0 Å². The van der Waals surface area contributed by atoms with Crippen LogP contribution in [0.3, 0.4) is 0 Å². The second-order valence-corrected chi connectivity index (χ2v) is 9.12. The number of aryl methyl sites for hydroxylation is 2. The Balaban J connectivity index is 2.39. The summed E-state index contributed by atoms with van der Waals surface area (Å²) in [7, 11) is -3.89. The zero-order valence-corrected chi connectivity index (χ0v) is 18.4. The van der Waals surface area contributed by atoms with Gasteiger partial charge in [0.1, 0.15) is 11.9 Å². The minimum atomic E-state index is -3.89. The predicted octanol–water partition coefficient (Wildman–Crippen LogP) is 4.25. The van der Waals surface area contributed by atoms with E-state index in [4.69, 9.17) is 0 Å². The fraction of sp³-hybridized carbons (Fsp3) is 0.409. The Labute approximate surface area is 173 Å². The molecule has 7 heteroatoms. The van der Waals surface area contributed by atoms with E-state index in [1.165, 1.54) is 18.2 Å². The second-order valence-electron chi connectivity index (χ2n) is 7.26. The molecule has 0 saturated carbocycles. The summed E-state index contributed by atoms with van der Waals surface area (Å²) in [5.41, 5.74) is 3.04. The van der Waals surface area contributed by atoms with Crippen LogP contribution in [0.4, 0.5) is 10.1 Å². The van der Waals surface area contributed by atoms with Gasteiger partial charge in [-0.3, -0.25) is 9.10 Å². The summed E-state index contributed by atoms with van der Waals surface area (Å²) < 4.78 is 40.2. The van der Waals surface area contributed by atoms with Crippen molar-refractivity contribution in [3.63, 3.8) is 0 Å². The van der Waals surface area contributed by atoms with Gasteiger partial charge in [-0.05, 0) is 49.9 Å². The van der Waals surface area contributed by atoms with Crippen molar-refractivity contribution in [1.82, 2.24) is 5.32 Å². The largest absolute Gasteiger partial charge is 0.347 e. The molecule has 0 radical (unpaired) electrons. The average molecular weight is 421 g/mol. The number of halogens is 1. The van der Waals surface area contributed by atoms with Crippen LogP contribution in [0, 0.1) is 19.7 Å². The molecule has 2 aromatic carbocycles. The number of rotatable bonds is 8. The summed E-state index contributed by atoms with van der Waals surface area (Å²) >= 11 is 0. The van der Waals surface area contributed by atoms with Gasteiger partial charge in [-0.1, -0.05) is 49.7 Å². The van der Waals surface area contributed by atoms with Crippen molar-refractivity contribution in [1.29, 1.82) is 0 Å². The van der Waals surface area contributed by atoms with E-state index in [0.717, 1.165) is 27.3 Å². The summed E-state index contributed by atoms with van der Waals surface area (Å²) in [6.45, 7) is 7.65. The molecular weight excluding hydrogens is 391 g/mol. The lowest BCUT2D eigenvalue weighted by Gasteiger charge is -2.32. The number of sulfonamides is 1. The predicted molar refractivity (Wildman–Crippen MR) is 115 cm³/mol. The van der Waals surface area contributed by atoms with Crippen LogP contribution >= 0.6 is 0 Å². The third-order valence-corrected chi connectivity index (χ3v) is 6.11. The lowest BCUT2D eigenvalue weighted by atomic mass is 9.97. The number of para-hydroxylation sites is 1. The van der Waals surface area contributed by atoms with Gasteiger partial charge in [0.2, 0.25) is 15.9 Å². The maximum absolute atomic E-state index is 14.4. The second kappa shape index (κ2) is 9.39. The highest BCUT2D eigenvalue weighted by molar-refractivity contribution is 7.92. The molecular formula is C22H29FN2O3S. The molecule has 29 heavy (non-hydrogen) atoms. The Kier molecular flexibility index (Phi) is 7.41. The maximum atomic E-state index is 14.4. The van der Waals surface area contributed by atoms with Crippen molar-refractivity contribution in [2.45, 2.75) is 52.6 Å². The smallest absolute Gasteiger partial charge is 0.244 e. The van der Waals surface area contributed by atoms with Gasteiger partial charge >= 0.3 is 0 Å². The van der Waals surface area contributed by atoms with Gasteiger partial charge in [0, 0.05) is 0 Å². The van der Waals surface area contributed by atoms with E-state index < -0.39 is 27.8 Å². The van der Waals surface area contributed by atoms with E-state index in [1.54, 1.807) is 13.0 Å². The molecule has 0 spiro atoms. The molecule has 2 atom stereocenters. The van der Waals surface area contributed by atoms with Gasteiger partial charge in [-0.2, -0.15) is 0 Å². The number of hydrogen-bond acceptors (Lipinski definition) is 3. The van der Waals surface area contributed by atoms with Gasteiger partial charge in [0.15, 0.2) is 0 Å². The minimum Gasteiger partial charge on any atom is -0.347 e. The molecule has 1 N–H and O–H groups in total. The van der Waals surface area contributed by atoms with E-state index in [1.807, 2.05) is 39.0 Å². The van der Waals surface area contributed by atoms with Crippen LogP contribution in [0.25, 0.3) is 0 Å². The number of hydrogen-bond donors (Lipinski definition) is 1. The van der Waals surface area contributed by atoms with Crippen molar-refractivity contribution in [2.75, 3.05) is 10.6 Å². The van der Waals surface area contributed by atoms with E-state index in [0.29, 0.717) is 6.42 Å². The molecule has 0 aliphatic carbocycles. The van der Waals surface area contributed by atoms with Crippen LogP contribution in [0.2, 0.25) is 0 Å². The average Bonchev–Trinajstić information content (AvgIpc) is 2.64. The van der Waals surface area contributed by atoms with E-state index in [2.05, 4.69) is 5.32 Å². The number of nitrogens with one attached hydrogen (secondary N) is 1. The van der Waals surface area contributed by atoms with Gasteiger partial charge in [0.05, 0.1) is 18.0 Å². The first-order chi connectivity index (χ1) is 13.6. The molecule has 0 aromatic heterocycles. The SMILES string of the molecule is CC[C@H](NC(=O)[C@@H](CC)N(c1ccccc1F)S(C)(=O)=O)c1ccc(C)cc1C. The van der Waals surface area contributed by atoms with Crippen molar-refractivity contribution in [3.8, 4) is 0 Å². The molecule has 5 nitrogen and oxygen atoms in total. The number of amides is 1. The molecule has 0 fully saturated rings. The number of nitrogens with zero attached hydrogens (tertiary/aromatic N) is 1. The molecule has 2 aromatic rings. The number of carbonyl (C=O) groups is 1. The molecule has 0 heterocycles. The Morgan fingerprint density at radius 3 is 2.28 bits per heavy atom. The molecule has 0 saturated heterocycles. The third kappa shape index (κ3) is 5.35. The summed E-state index contributed by atoms with van der Waals surface area (Å²) in [4.78, 5) is 13.1. The summed E-state index contributed by atoms with van der Waals surface area (Å²) in [5, 5.41) is 2.97. The molecule has 0 aliphatic heterocycles. The quantitative estimate of drug-likeness (QED) is 0.694. The molecule has 1 amide bonds. The molecule has 2 rings (SSSR count).